The van der Waals surface area contributed by atoms with Gasteiger partial charge in [0.25, 0.3) is 5.91 Å². The smallest absolute Gasteiger partial charge is 0.255 e. The van der Waals surface area contributed by atoms with Crippen LogP contribution in [-0.4, -0.2) is 64.3 Å². The van der Waals surface area contributed by atoms with Crippen LogP contribution in [0, 0.1) is 0 Å². The van der Waals surface area contributed by atoms with Gasteiger partial charge in [0.1, 0.15) is 11.5 Å². The lowest BCUT2D eigenvalue weighted by atomic mass is 10.2. The number of carbonyl (C=O) groups is 1. The molecule has 7 heteroatoms. The third-order valence-electron chi connectivity index (χ3n) is 5.15. The van der Waals surface area contributed by atoms with Crippen LogP contribution in [0.5, 0.6) is 11.5 Å². The number of nitrogens with one attached hydrogen (secondary N) is 1. The van der Waals surface area contributed by atoms with Crippen molar-refractivity contribution in [3.63, 3.8) is 0 Å². The second-order valence-corrected chi connectivity index (χ2v) is 7.42. The highest BCUT2D eigenvalue weighted by molar-refractivity contribution is 6.31. The summed E-state index contributed by atoms with van der Waals surface area (Å²) < 4.78 is 10.5. The topological polar surface area (TPSA) is 54.0 Å². The molecule has 1 aliphatic rings. The number of ether oxygens (including phenoxy) is 2. The first kappa shape index (κ1) is 21.3. The number of hydrogen-bond acceptors (Lipinski definition) is 5. The summed E-state index contributed by atoms with van der Waals surface area (Å²) in [6.07, 6.45) is 0.900. The van der Waals surface area contributed by atoms with Crippen LogP contribution in [0.1, 0.15) is 16.8 Å². The largest absolute Gasteiger partial charge is 0.497 e. The molecule has 2 aromatic carbocycles. The summed E-state index contributed by atoms with van der Waals surface area (Å²) in [5, 5.41) is 3.48. The van der Waals surface area contributed by atoms with Gasteiger partial charge in [-0.25, -0.2) is 0 Å². The molecule has 0 saturated carbocycles. The fourth-order valence-electron chi connectivity index (χ4n) is 3.48. The molecule has 3 rings (SSSR count). The number of piperazine rings is 1. The van der Waals surface area contributed by atoms with Gasteiger partial charge in [0, 0.05) is 43.4 Å². The number of benzene rings is 2. The number of hydrogen-bond donors (Lipinski definition) is 1. The van der Waals surface area contributed by atoms with E-state index in [4.69, 9.17) is 21.1 Å². The molecule has 6 nitrogen and oxygen atoms in total. The summed E-state index contributed by atoms with van der Waals surface area (Å²) in [7, 11) is 3.23. The summed E-state index contributed by atoms with van der Waals surface area (Å²) in [6, 6.07) is 13.3. The van der Waals surface area contributed by atoms with Crippen LogP contribution in [0.25, 0.3) is 0 Å². The Hall–Kier alpha value is -2.44. The number of carbonyl (C=O) groups excluding carboxylic acids is 1. The first-order chi connectivity index (χ1) is 14.1. The lowest BCUT2D eigenvalue weighted by Crippen LogP contribution is -2.47. The van der Waals surface area contributed by atoms with E-state index in [1.54, 1.807) is 32.4 Å². The van der Waals surface area contributed by atoms with Gasteiger partial charge in [-0.05, 0) is 55.4 Å². The standard InChI is InChI=1S/C22H28ClN3O3/c1-28-19-7-5-18(6-8-19)26-14-12-25(13-15-26)11-3-10-24-22(27)20-16-17(23)4-9-21(20)29-2/h4-9,16H,3,10-15H2,1-2H3,(H,24,27). The van der Waals surface area contributed by atoms with E-state index in [-0.39, 0.29) is 5.91 Å². The van der Waals surface area contributed by atoms with Crippen molar-refractivity contribution in [1.82, 2.24) is 10.2 Å². The minimum atomic E-state index is -0.159. The van der Waals surface area contributed by atoms with E-state index in [1.165, 1.54) is 5.69 Å². The van der Waals surface area contributed by atoms with Gasteiger partial charge in [-0.3, -0.25) is 9.69 Å². The number of halogens is 1. The van der Waals surface area contributed by atoms with E-state index < -0.39 is 0 Å². The molecule has 1 aliphatic heterocycles. The maximum atomic E-state index is 12.4. The Labute approximate surface area is 177 Å². The van der Waals surface area contributed by atoms with Gasteiger partial charge in [-0.2, -0.15) is 0 Å². The van der Waals surface area contributed by atoms with Gasteiger partial charge in [0.15, 0.2) is 0 Å². The van der Waals surface area contributed by atoms with Crippen molar-refractivity contribution in [3.05, 3.63) is 53.1 Å². The van der Waals surface area contributed by atoms with Gasteiger partial charge in [-0.1, -0.05) is 11.6 Å². The lowest BCUT2D eigenvalue weighted by Gasteiger charge is -2.36. The fraction of sp³-hybridized carbons (Fsp3) is 0.409. The maximum Gasteiger partial charge on any atom is 0.255 e. The van der Waals surface area contributed by atoms with Gasteiger partial charge < -0.3 is 19.7 Å². The van der Waals surface area contributed by atoms with Crippen molar-refractivity contribution in [3.8, 4) is 11.5 Å². The number of amides is 1. The third-order valence-corrected chi connectivity index (χ3v) is 5.39. The predicted octanol–water partition coefficient (Wildman–Crippen LogP) is 3.30. The molecule has 0 aliphatic carbocycles. The highest BCUT2D eigenvalue weighted by Gasteiger charge is 2.17. The SMILES string of the molecule is COc1ccc(N2CCN(CCCNC(=O)c3cc(Cl)ccc3OC)CC2)cc1. The second kappa shape index (κ2) is 10.4. The van der Waals surface area contributed by atoms with Crippen LogP contribution in [-0.2, 0) is 0 Å². The number of methoxy groups -OCH3 is 2. The Balaban J connectivity index is 1.38. The van der Waals surface area contributed by atoms with E-state index >= 15 is 0 Å². The van der Waals surface area contributed by atoms with Crippen LogP contribution in [0.3, 0.4) is 0 Å². The molecule has 0 bridgehead atoms. The third kappa shape index (κ3) is 5.78. The van der Waals surface area contributed by atoms with Gasteiger partial charge in [0.2, 0.25) is 0 Å². The zero-order valence-electron chi connectivity index (χ0n) is 17.0. The molecule has 0 aromatic heterocycles. The van der Waals surface area contributed by atoms with Gasteiger partial charge >= 0.3 is 0 Å². The highest BCUT2D eigenvalue weighted by Crippen LogP contribution is 2.23. The van der Waals surface area contributed by atoms with E-state index in [1.807, 2.05) is 12.1 Å². The zero-order valence-corrected chi connectivity index (χ0v) is 17.7. The molecule has 0 atom stereocenters. The molecule has 1 saturated heterocycles. The maximum absolute atomic E-state index is 12.4. The van der Waals surface area contributed by atoms with Gasteiger partial charge in [-0.15, -0.1) is 0 Å². The van der Waals surface area contributed by atoms with Crippen molar-refractivity contribution in [2.24, 2.45) is 0 Å². The first-order valence-electron chi connectivity index (χ1n) is 9.84. The average molecular weight is 418 g/mol. The van der Waals surface area contributed by atoms with E-state index in [9.17, 15) is 4.79 Å². The first-order valence-corrected chi connectivity index (χ1v) is 10.2. The highest BCUT2D eigenvalue weighted by atomic mass is 35.5. The zero-order chi connectivity index (χ0) is 20.6. The summed E-state index contributed by atoms with van der Waals surface area (Å²) in [4.78, 5) is 17.2. The number of nitrogens with zero attached hydrogens (tertiary/aromatic N) is 2. The normalized spacial score (nSPS) is 14.5. The molecule has 29 heavy (non-hydrogen) atoms. The quantitative estimate of drug-likeness (QED) is 0.668. The molecule has 1 heterocycles. The second-order valence-electron chi connectivity index (χ2n) is 6.98. The van der Waals surface area contributed by atoms with Crippen LogP contribution in [0.4, 0.5) is 5.69 Å². The van der Waals surface area contributed by atoms with Crippen LogP contribution in [0.2, 0.25) is 5.02 Å². The van der Waals surface area contributed by atoms with Crippen LogP contribution in [0.15, 0.2) is 42.5 Å². The molecule has 2 aromatic rings. The molecule has 0 radical (unpaired) electrons. The Morgan fingerprint density at radius 1 is 1.03 bits per heavy atom. The van der Waals surface area contributed by atoms with Crippen molar-refractivity contribution in [2.45, 2.75) is 6.42 Å². The Bertz CT molecular complexity index is 805. The van der Waals surface area contributed by atoms with E-state index in [2.05, 4.69) is 27.2 Å². The molecule has 1 N–H and O–H groups in total. The number of rotatable bonds is 8. The van der Waals surface area contributed by atoms with Crippen LogP contribution < -0.4 is 19.7 Å². The summed E-state index contributed by atoms with van der Waals surface area (Å²) in [5.41, 5.74) is 1.70. The van der Waals surface area contributed by atoms with Crippen molar-refractivity contribution >= 4 is 23.2 Å². The molecule has 0 unspecified atom stereocenters. The predicted molar refractivity (Wildman–Crippen MR) is 117 cm³/mol. The number of anilines is 1. The average Bonchev–Trinajstić information content (AvgIpc) is 2.77. The Morgan fingerprint density at radius 2 is 1.76 bits per heavy atom. The molecular weight excluding hydrogens is 390 g/mol. The van der Waals surface area contributed by atoms with Gasteiger partial charge in [0.05, 0.1) is 19.8 Å². The summed E-state index contributed by atoms with van der Waals surface area (Å²) in [5.74, 6) is 1.25. The van der Waals surface area contributed by atoms with E-state index in [0.717, 1.165) is 44.9 Å². The van der Waals surface area contributed by atoms with Crippen molar-refractivity contribution in [1.29, 1.82) is 0 Å². The molecular formula is C22H28ClN3O3. The minimum absolute atomic E-state index is 0.159. The summed E-state index contributed by atoms with van der Waals surface area (Å²) >= 11 is 6.00. The molecule has 156 valence electrons. The Kier molecular flexibility index (Phi) is 7.61. The van der Waals surface area contributed by atoms with Crippen LogP contribution >= 0.6 is 11.6 Å². The molecule has 1 amide bonds. The monoisotopic (exact) mass is 417 g/mol. The Morgan fingerprint density at radius 3 is 2.41 bits per heavy atom. The minimum Gasteiger partial charge on any atom is -0.497 e. The van der Waals surface area contributed by atoms with Crippen molar-refractivity contribution < 1.29 is 14.3 Å². The lowest BCUT2D eigenvalue weighted by molar-refractivity contribution is 0.0948. The fourth-order valence-corrected chi connectivity index (χ4v) is 3.65. The van der Waals surface area contributed by atoms with Crippen molar-refractivity contribution in [2.75, 3.05) is 58.4 Å². The summed E-state index contributed by atoms with van der Waals surface area (Å²) in [6.45, 7) is 5.61. The molecule has 1 fully saturated rings. The van der Waals surface area contributed by atoms with E-state index in [0.29, 0.717) is 22.9 Å². The molecule has 0 spiro atoms.